The van der Waals surface area contributed by atoms with E-state index in [2.05, 4.69) is 0 Å². The van der Waals surface area contributed by atoms with E-state index in [1.165, 1.54) is 6.08 Å². The van der Waals surface area contributed by atoms with Gasteiger partial charge in [0.2, 0.25) is 0 Å². The van der Waals surface area contributed by atoms with Crippen LogP contribution in [0.2, 0.25) is 0 Å². The number of aliphatic carboxylic acids is 1. The largest absolute Gasteiger partial charge is 0.507 e. The van der Waals surface area contributed by atoms with Crippen LogP contribution in [0.1, 0.15) is 11.1 Å². The van der Waals surface area contributed by atoms with Crippen molar-refractivity contribution in [1.29, 1.82) is 0 Å². The smallest absolute Gasteiger partial charge is 0.338 e. The Morgan fingerprint density at radius 1 is 1.38 bits per heavy atom. The average molecular weight is 218 g/mol. The highest BCUT2D eigenvalue weighted by Crippen LogP contribution is 2.29. The van der Waals surface area contributed by atoms with Gasteiger partial charge in [0.05, 0.1) is 11.1 Å². The summed E-state index contributed by atoms with van der Waals surface area (Å²) in [5, 5.41) is 18.6. The predicted octanol–water partition coefficient (Wildman–Crippen LogP) is 2.25. The Morgan fingerprint density at radius 3 is 2.81 bits per heavy atom. The van der Waals surface area contributed by atoms with E-state index < -0.39 is 5.97 Å². The highest BCUT2D eigenvalue weighted by atomic mass is 16.5. The number of aliphatic hydroxyl groups excluding tert-OH is 1. The van der Waals surface area contributed by atoms with Crippen LogP contribution in [0.15, 0.2) is 36.1 Å². The molecule has 1 aromatic carbocycles. The summed E-state index contributed by atoms with van der Waals surface area (Å²) in [4.78, 5) is 10.8. The Hall–Kier alpha value is -2.23. The van der Waals surface area contributed by atoms with Crippen molar-refractivity contribution >= 4 is 11.7 Å². The minimum atomic E-state index is -1.14. The molecule has 0 aliphatic carbocycles. The van der Waals surface area contributed by atoms with Crippen molar-refractivity contribution in [3.8, 4) is 5.75 Å². The summed E-state index contributed by atoms with van der Waals surface area (Å²) in [5.41, 5.74) is 1.36. The molecule has 4 nitrogen and oxygen atoms in total. The van der Waals surface area contributed by atoms with Gasteiger partial charge in [-0.15, -0.1) is 0 Å². The molecule has 0 atom stereocenters. The first kappa shape index (κ1) is 10.3. The lowest BCUT2D eigenvalue weighted by Crippen LogP contribution is -1.98. The van der Waals surface area contributed by atoms with E-state index in [4.69, 9.17) is 9.84 Å². The molecule has 0 fully saturated rings. The van der Waals surface area contributed by atoms with Gasteiger partial charge in [0, 0.05) is 0 Å². The van der Waals surface area contributed by atoms with Gasteiger partial charge in [-0.1, -0.05) is 11.6 Å². The molecule has 1 heterocycles. The quantitative estimate of drug-likeness (QED) is 0.758. The van der Waals surface area contributed by atoms with Gasteiger partial charge in [0.15, 0.2) is 0 Å². The summed E-state index contributed by atoms with van der Waals surface area (Å²) in [6.07, 6.45) is 2.29. The molecule has 0 unspecified atom stereocenters. The molecule has 2 rings (SSSR count). The molecule has 0 saturated carbocycles. The molecule has 1 aliphatic rings. The number of benzene rings is 1. The second kappa shape index (κ2) is 3.73. The lowest BCUT2D eigenvalue weighted by molar-refractivity contribution is -0.132. The molecule has 0 aromatic heterocycles. The van der Waals surface area contributed by atoms with Crippen molar-refractivity contribution in [3.05, 3.63) is 47.2 Å². The van der Waals surface area contributed by atoms with Crippen LogP contribution in [0, 0.1) is 6.92 Å². The summed E-state index contributed by atoms with van der Waals surface area (Å²) in [5.74, 6) is -0.809. The maximum Gasteiger partial charge on any atom is 0.338 e. The van der Waals surface area contributed by atoms with Crippen molar-refractivity contribution in [2.45, 2.75) is 6.92 Å². The third-order valence-electron chi connectivity index (χ3n) is 2.26. The molecule has 0 spiro atoms. The van der Waals surface area contributed by atoms with E-state index in [-0.39, 0.29) is 11.3 Å². The van der Waals surface area contributed by atoms with Gasteiger partial charge in [0.1, 0.15) is 17.8 Å². The number of carboxylic acid groups (broad SMARTS) is 1. The normalized spacial score (nSPS) is 14.1. The maximum absolute atomic E-state index is 10.8. The molecular formula is C12H10O4. The maximum atomic E-state index is 10.8. The van der Waals surface area contributed by atoms with Crippen molar-refractivity contribution < 1.29 is 19.7 Å². The lowest BCUT2D eigenvalue weighted by Gasteiger charge is -2.06. The standard InChI is InChI=1S/C12H10O4/c1-7-2-3-11-9(4-7)10(13)5-8(6-16-11)12(14)15/h2-6,13H,1H3,(H,14,15). The fraction of sp³-hybridized carbons (Fsp3) is 0.0833. The van der Waals surface area contributed by atoms with E-state index in [9.17, 15) is 9.90 Å². The third kappa shape index (κ3) is 1.77. The molecule has 82 valence electrons. The predicted molar refractivity (Wildman–Crippen MR) is 58.1 cm³/mol. The van der Waals surface area contributed by atoms with Gasteiger partial charge in [-0.25, -0.2) is 4.79 Å². The van der Waals surface area contributed by atoms with Gasteiger partial charge < -0.3 is 14.9 Å². The van der Waals surface area contributed by atoms with Gasteiger partial charge >= 0.3 is 5.97 Å². The summed E-state index contributed by atoms with van der Waals surface area (Å²) >= 11 is 0. The van der Waals surface area contributed by atoms with Crippen LogP contribution < -0.4 is 4.74 Å². The molecular weight excluding hydrogens is 208 g/mol. The van der Waals surface area contributed by atoms with E-state index in [0.717, 1.165) is 11.8 Å². The van der Waals surface area contributed by atoms with Crippen molar-refractivity contribution in [2.75, 3.05) is 0 Å². The minimum absolute atomic E-state index is 0.0913. The zero-order valence-electron chi connectivity index (χ0n) is 8.60. The Bertz CT molecular complexity index is 512. The van der Waals surface area contributed by atoms with E-state index in [1.807, 2.05) is 13.0 Å². The van der Waals surface area contributed by atoms with Crippen LogP contribution in [0.5, 0.6) is 5.75 Å². The number of aryl methyl sites for hydroxylation is 1. The van der Waals surface area contributed by atoms with Crippen LogP contribution in [0.4, 0.5) is 0 Å². The second-order valence-corrected chi connectivity index (χ2v) is 3.53. The van der Waals surface area contributed by atoms with Crippen LogP contribution in [-0.2, 0) is 4.79 Å². The summed E-state index contributed by atoms with van der Waals surface area (Å²) in [7, 11) is 0. The topological polar surface area (TPSA) is 66.8 Å². The van der Waals surface area contributed by atoms with Crippen molar-refractivity contribution in [1.82, 2.24) is 0 Å². The molecule has 0 amide bonds. The van der Waals surface area contributed by atoms with Gasteiger partial charge in [0.25, 0.3) is 0 Å². The second-order valence-electron chi connectivity index (χ2n) is 3.53. The molecule has 0 bridgehead atoms. The minimum Gasteiger partial charge on any atom is -0.507 e. The van der Waals surface area contributed by atoms with Crippen LogP contribution >= 0.6 is 0 Å². The fourth-order valence-electron chi connectivity index (χ4n) is 1.44. The highest BCUT2D eigenvalue weighted by Gasteiger charge is 2.15. The number of carbonyl (C=O) groups is 1. The van der Waals surface area contributed by atoms with Crippen LogP contribution in [0.3, 0.4) is 0 Å². The zero-order valence-corrected chi connectivity index (χ0v) is 8.60. The highest BCUT2D eigenvalue weighted by molar-refractivity contribution is 5.92. The Kier molecular flexibility index (Phi) is 2.40. The van der Waals surface area contributed by atoms with Crippen molar-refractivity contribution in [3.63, 3.8) is 0 Å². The van der Waals surface area contributed by atoms with Crippen LogP contribution in [-0.4, -0.2) is 16.2 Å². The van der Waals surface area contributed by atoms with Gasteiger partial charge in [-0.2, -0.15) is 0 Å². The lowest BCUT2D eigenvalue weighted by atomic mass is 10.1. The third-order valence-corrected chi connectivity index (χ3v) is 2.26. The molecule has 0 radical (unpaired) electrons. The van der Waals surface area contributed by atoms with E-state index in [1.54, 1.807) is 12.1 Å². The summed E-state index contributed by atoms with van der Waals surface area (Å²) < 4.78 is 5.19. The average Bonchev–Trinajstić information content (AvgIpc) is 2.39. The molecule has 16 heavy (non-hydrogen) atoms. The Balaban J connectivity index is 2.54. The molecule has 1 aliphatic heterocycles. The number of hydrogen-bond acceptors (Lipinski definition) is 3. The molecule has 0 saturated heterocycles. The van der Waals surface area contributed by atoms with Crippen LogP contribution in [0.25, 0.3) is 5.76 Å². The summed E-state index contributed by atoms with van der Waals surface area (Å²) in [6, 6.07) is 5.25. The molecule has 2 N–H and O–H groups in total. The zero-order chi connectivity index (χ0) is 11.7. The monoisotopic (exact) mass is 218 g/mol. The van der Waals surface area contributed by atoms with E-state index in [0.29, 0.717) is 11.3 Å². The first-order valence-corrected chi connectivity index (χ1v) is 4.70. The first-order chi connectivity index (χ1) is 7.58. The van der Waals surface area contributed by atoms with Gasteiger partial charge in [-0.3, -0.25) is 0 Å². The molecule has 1 aromatic rings. The number of rotatable bonds is 1. The fourth-order valence-corrected chi connectivity index (χ4v) is 1.44. The van der Waals surface area contributed by atoms with Gasteiger partial charge in [-0.05, 0) is 25.1 Å². The number of hydrogen-bond donors (Lipinski definition) is 2. The molecule has 4 heteroatoms. The first-order valence-electron chi connectivity index (χ1n) is 4.70. The summed E-state index contributed by atoms with van der Waals surface area (Å²) in [6.45, 7) is 1.88. The number of fused-ring (bicyclic) bond motifs is 1. The number of carboxylic acids is 1. The number of ether oxygens (including phenoxy) is 1. The SMILES string of the molecule is Cc1ccc2c(c1)C(O)=CC(C(=O)O)=CO2. The Morgan fingerprint density at radius 2 is 2.12 bits per heavy atom. The Labute approximate surface area is 92.1 Å². The van der Waals surface area contributed by atoms with Crippen molar-refractivity contribution in [2.24, 2.45) is 0 Å². The number of aliphatic hydroxyl groups is 1. The van der Waals surface area contributed by atoms with E-state index >= 15 is 0 Å².